The van der Waals surface area contributed by atoms with E-state index in [1.807, 2.05) is 24.3 Å². The number of fused-ring (bicyclic) bond motifs is 3. The van der Waals surface area contributed by atoms with Crippen LogP contribution in [0.2, 0.25) is 0 Å². The van der Waals surface area contributed by atoms with Crippen LogP contribution in [0.4, 0.5) is 4.79 Å². The zero-order chi connectivity index (χ0) is 23.2. The van der Waals surface area contributed by atoms with Crippen molar-refractivity contribution in [3.8, 4) is 23.0 Å². The van der Waals surface area contributed by atoms with Gasteiger partial charge in [0.25, 0.3) is 0 Å². The van der Waals surface area contributed by atoms with Crippen molar-refractivity contribution >= 4 is 23.4 Å². The number of benzene rings is 2. The fourth-order valence-electron chi connectivity index (χ4n) is 3.85. The van der Waals surface area contributed by atoms with E-state index in [4.69, 9.17) is 9.47 Å². The highest BCUT2D eigenvalue weighted by Gasteiger charge is 2.28. The summed E-state index contributed by atoms with van der Waals surface area (Å²) in [6.07, 6.45) is -0.0225. The second-order valence-corrected chi connectivity index (χ2v) is 8.46. The first kappa shape index (κ1) is 22.6. The molecule has 168 valence electrons. The van der Waals surface area contributed by atoms with E-state index in [1.54, 1.807) is 13.8 Å². The molecule has 1 aliphatic carbocycles. The number of amides is 1. The third-order valence-corrected chi connectivity index (χ3v) is 6.37. The lowest BCUT2D eigenvalue weighted by Gasteiger charge is -2.14. The Kier molecular flexibility index (Phi) is 7.06. The third-order valence-electron chi connectivity index (χ3n) is 5.32. The van der Waals surface area contributed by atoms with Crippen molar-refractivity contribution in [2.45, 2.75) is 26.2 Å². The topological polar surface area (TPSA) is 77.5 Å². The van der Waals surface area contributed by atoms with Crippen LogP contribution >= 0.6 is 11.3 Å². The zero-order valence-electron chi connectivity index (χ0n) is 18.5. The number of rotatable bonds is 6. The van der Waals surface area contributed by atoms with Crippen molar-refractivity contribution in [2.24, 2.45) is 0 Å². The smallest absolute Gasteiger partial charge is 0.407 e. The molecule has 1 N–H and O–H groups in total. The van der Waals surface area contributed by atoms with Crippen LogP contribution in [-0.4, -0.2) is 36.8 Å². The number of hydrogen-bond acceptors (Lipinski definition) is 6. The first-order valence-corrected chi connectivity index (χ1v) is 11.6. The van der Waals surface area contributed by atoms with Crippen molar-refractivity contribution < 1.29 is 19.1 Å². The standard InChI is InChI=1S/C26H24N2O4S/c1-3-31-25(29)24-17(2)28-23(33-24)14-8-9-15-27-26(30)32-16-22-20-12-6-4-10-18(20)19-11-5-7-13-21(19)22/h4-7,10-13,22H,3,9,15-16H2,1-2H3,(H,27,30). The number of aryl methyl sites for hydroxylation is 1. The number of ether oxygens (including phenoxy) is 2. The van der Waals surface area contributed by atoms with Gasteiger partial charge in [-0.2, -0.15) is 0 Å². The van der Waals surface area contributed by atoms with Crippen molar-refractivity contribution in [2.75, 3.05) is 19.8 Å². The quantitative estimate of drug-likeness (QED) is 0.321. The molecule has 2 aromatic carbocycles. The molecule has 0 bridgehead atoms. The number of carbonyl (C=O) groups excluding carboxylic acids is 2. The summed E-state index contributed by atoms with van der Waals surface area (Å²) in [7, 11) is 0. The molecule has 33 heavy (non-hydrogen) atoms. The highest BCUT2D eigenvalue weighted by molar-refractivity contribution is 7.14. The molecule has 1 aromatic heterocycles. The van der Waals surface area contributed by atoms with E-state index in [0.717, 1.165) is 0 Å². The number of nitrogens with zero attached hydrogens (tertiary/aromatic N) is 1. The number of esters is 1. The van der Waals surface area contributed by atoms with Crippen LogP contribution in [0, 0.1) is 18.8 Å². The van der Waals surface area contributed by atoms with Gasteiger partial charge in [0.15, 0.2) is 5.01 Å². The van der Waals surface area contributed by atoms with E-state index in [-0.39, 0.29) is 18.5 Å². The molecule has 3 aromatic rings. The van der Waals surface area contributed by atoms with Crippen molar-refractivity contribution in [3.05, 3.63) is 75.2 Å². The molecule has 7 heteroatoms. The fourth-order valence-corrected chi connectivity index (χ4v) is 4.69. The molecule has 1 heterocycles. The molecule has 0 atom stereocenters. The van der Waals surface area contributed by atoms with Gasteiger partial charge in [0.05, 0.1) is 12.3 Å². The predicted molar refractivity (Wildman–Crippen MR) is 127 cm³/mol. The summed E-state index contributed by atoms with van der Waals surface area (Å²) in [5, 5.41) is 3.29. The lowest BCUT2D eigenvalue weighted by Crippen LogP contribution is -2.26. The molecule has 0 unspecified atom stereocenters. The number of thiazole rings is 1. The fraction of sp³-hybridized carbons (Fsp3) is 0.269. The maximum absolute atomic E-state index is 12.2. The van der Waals surface area contributed by atoms with Crippen molar-refractivity contribution in [1.82, 2.24) is 10.3 Å². The van der Waals surface area contributed by atoms with Gasteiger partial charge in [0.2, 0.25) is 0 Å². The van der Waals surface area contributed by atoms with E-state index in [9.17, 15) is 9.59 Å². The minimum absolute atomic E-state index is 0.0321. The maximum Gasteiger partial charge on any atom is 0.407 e. The second kappa shape index (κ2) is 10.3. The van der Waals surface area contributed by atoms with Gasteiger partial charge in [-0.05, 0) is 42.0 Å². The van der Waals surface area contributed by atoms with Gasteiger partial charge in [-0.15, -0.1) is 0 Å². The van der Waals surface area contributed by atoms with Crippen molar-refractivity contribution in [3.63, 3.8) is 0 Å². The predicted octanol–water partition coefficient (Wildman–Crippen LogP) is 4.91. The lowest BCUT2D eigenvalue weighted by molar-refractivity contribution is 0.0531. The lowest BCUT2D eigenvalue weighted by atomic mass is 9.98. The van der Waals surface area contributed by atoms with Crippen LogP contribution in [0.15, 0.2) is 48.5 Å². The van der Waals surface area contributed by atoms with Crippen LogP contribution < -0.4 is 5.32 Å². The molecule has 0 fully saturated rings. The first-order chi connectivity index (χ1) is 16.1. The molecule has 0 aliphatic heterocycles. The average Bonchev–Trinajstić information content (AvgIpc) is 3.35. The summed E-state index contributed by atoms with van der Waals surface area (Å²) in [5.74, 6) is 5.55. The number of carbonyl (C=O) groups is 2. The summed E-state index contributed by atoms with van der Waals surface area (Å²) >= 11 is 1.21. The first-order valence-electron chi connectivity index (χ1n) is 10.8. The summed E-state index contributed by atoms with van der Waals surface area (Å²) in [6.45, 7) is 4.48. The largest absolute Gasteiger partial charge is 0.462 e. The number of nitrogens with one attached hydrogen (secondary N) is 1. The van der Waals surface area contributed by atoms with Gasteiger partial charge in [-0.25, -0.2) is 14.6 Å². The van der Waals surface area contributed by atoms with Gasteiger partial charge in [0, 0.05) is 18.9 Å². The normalized spacial score (nSPS) is 11.7. The average molecular weight is 461 g/mol. The van der Waals surface area contributed by atoms with E-state index in [2.05, 4.69) is 46.4 Å². The number of aromatic nitrogens is 1. The molecule has 1 amide bonds. The molecule has 0 saturated heterocycles. The Morgan fingerprint density at radius 3 is 2.39 bits per heavy atom. The SMILES string of the molecule is CCOC(=O)c1sc(C#CCCNC(=O)OCC2c3ccccc3-c3ccccc32)nc1C. The highest BCUT2D eigenvalue weighted by atomic mass is 32.1. The molecule has 4 rings (SSSR count). The van der Waals surface area contributed by atoms with Crippen molar-refractivity contribution in [1.29, 1.82) is 0 Å². The monoisotopic (exact) mass is 460 g/mol. The molecule has 0 spiro atoms. The Balaban J connectivity index is 1.26. The number of hydrogen-bond donors (Lipinski definition) is 1. The van der Waals surface area contributed by atoms with E-state index < -0.39 is 6.09 Å². The van der Waals surface area contributed by atoms with Crippen LogP contribution in [0.5, 0.6) is 0 Å². The maximum atomic E-state index is 12.2. The molecular formula is C26H24N2O4S. The Morgan fingerprint density at radius 2 is 1.73 bits per heavy atom. The third kappa shape index (κ3) is 5.07. The zero-order valence-corrected chi connectivity index (χ0v) is 19.3. The van der Waals surface area contributed by atoms with Gasteiger partial charge in [-0.1, -0.05) is 65.8 Å². The van der Waals surface area contributed by atoms with Crippen LogP contribution in [0.3, 0.4) is 0 Å². The van der Waals surface area contributed by atoms with Gasteiger partial charge in [0.1, 0.15) is 11.5 Å². The van der Waals surface area contributed by atoms with Gasteiger partial charge < -0.3 is 14.8 Å². The van der Waals surface area contributed by atoms with Gasteiger partial charge >= 0.3 is 12.1 Å². The van der Waals surface area contributed by atoms with Crippen LogP contribution in [-0.2, 0) is 9.47 Å². The summed E-state index contributed by atoms with van der Waals surface area (Å²) < 4.78 is 10.5. The second-order valence-electron chi connectivity index (χ2n) is 7.46. The summed E-state index contributed by atoms with van der Waals surface area (Å²) in [6, 6.07) is 16.5. The van der Waals surface area contributed by atoms with E-state index in [1.165, 1.54) is 33.6 Å². The Hall–Kier alpha value is -3.63. The molecule has 0 radical (unpaired) electrons. The molecule has 0 saturated carbocycles. The van der Waals surface area contributed by atoms with Crippen LogP contribution in [0.1, 0.15) is 50.8 Å². The Labute approximate surface area is 197 Å². The Bertz CT molecular complexity index is 1190. The van der Waals surface area contributed by atoms with E-state index >= 15 is 0 Å². The molecular weight excluding hydrogens is 436 g/mol. The number of alkyl carbamates (subject to hydrolysis) is 1. The highest BCUT2D eigenvalue weighted by Crippen LogP contribution is 2.44. The van der Waals surface area contributed by atoms with Gasteiger partial charge in [-0.3, -0.25) is 0 Å². The Morgan fingerprint density at radius 1 is 1.06 bits per heavy atom. The van der Waals surface area contributed by atoms with E-state index in [0.29, 0.717) is 35.2 Å². The minimum atomic E-state index is -0.464. The molecule has 1 aliphatic rings. The minimum Gasteiger partial charge on any atom is -0.462 e. The molecule has 6 nitrogen and oxygen atoms in total. The summed E-state index contributed by atoms with van der Waals surface area (Å²) in [4.78, 5) is 28.8. The summed E-state index contributed by atoms with van der Waals surface area (Å²) in [5.41, 5.74) is 5.36. The van der Waals surface area contributed by atoms with Crippen LogP contribution in [0.25, 0.3) is 11.1 Å².